The molecule has 2 saturated heterocycles. The summed E-state index contributed by atoms with van der Waals surface area (Å²) in [5, 5.41) is 0. The average Bonchev–Trinajstić information content (AvgIpc) is 3.04. The van der Waals surface area contributed by atoms with Crippen molar-refractivity contribution in [1.29, 1.82) is 0 Å². The fourth-order valence-corrected chi connectivity index (χ4v) is 4.66. The molecule has 4 rings (SSSR count). The molecule has 0 bridgehead atoms. The Morgan fingerprint density at radius 3 is 1.97 bits per heavy atom. The minimum atomic E-state index is -0.352. The SMILES string of the molecule is CCOC(=O)N1CCN(C(=O)c2ccc(N3C(=O)C4CCCCC4C3=O)cc2)CC1. The minimum Gasteiger partial charge on any atom is -0.450 e. The Morgan fingerprint density at radius 1 is 0.900 bits per heavy atom. The summed E-state index contributed by atoms with van der Waals surface area (Å²) >= 11 is 0. The summed E-state index contributed by atoms with van der Waals surface area (Å²) < 4.78 is 5.00. The second-order valence-corrected chi connectivity index (χ2v) is 8.03. The van der Waals surface area contributed by atoms with Crippen molar-refractivity contribution >= 4 is 29.5 Å². The van der Waals surface area contributed by atoms with Gasteiger partial charge in [-0.15, -0.1) is 0 Å². The Labute approximate surface area is 175 Å². The molecule has 1 aromatic carbocycles. The largest absolute Gasteiger partial charge is 0.450 e. The first-order valence-corrected chi connectivity index (χ1v) is 10.7. The van der Waals surface area contributed by atoms with E-state index < -0.39 is 0 Å². The van der Waals surface area contributed by atoms with Crippen molar-refractivity contribution in [1.82, 2.24) is 9.80 Å². The van der Waals surface area contributed by atoms with E-state index in [0.717, 1.165) is 25.7 Å². The van der Waals surface area contributed by atoms with Crippen molar-refractivity contribution in [3.8, 4) is 0 Å². The van der Waals surface area contributed by atoms with Gasteiger partial charge in [-0.2, -0.15) is 0 Å². The maximum Gasteiger partial charge on any atom is 0.409 e. The third-order valence-electron chi connectivity index (χ3n) is 6.31. The van der Waals surface area contributed by atoms with Crippen LogP contribution in [0.25, 0.3) is 0 Å². The molecule has 2 aliphatic heterocycles. The molecule has 1 aromatic rings. The lowest BCUT2D eigenvalue weighted by atomic mass is 9.81. The van der Waals surface area contributed by atoms with E-state index in [1.807, 2.05) is 0 Å². The van der Waals surface area contributed by atoms with Crippen LogP contribution in [0.15, 0.2) is 24.3 Å². The molecule has 1 saturated carbocycles. The lowest BCUT2D eigenvalue weighted by Gasteiger charge is -2.34. The highest BCUT2D eigenvalue weighted by atomic mass is 16.6. The zero-order chi connectivity index (χ0) is 21.3. The van der Waals surface area contributed by atoms with Gasteiger partial charge < -0.3 is 14.5 Å². The van der Waals surface area contributed by atoms with E-state index in [9.17, 15) is 19.2 Å². The quantitative estimate of drug-likeness (QED) is 0.710. The number of nitrogens with zero attached hydrogens (tertiary/aromatic N) is 3. The molecule has 2 heterocycles. The molecule has 3 aliphatic rings. The molecular weight excluding hydrogens is 386 g/mol. The van der Waals surface area contributed by atoms with Crippen LogP contribution in [0, 0.1) is 11.8 Å². The molecule has 0 radical (unpaired) electrons. The fraction of sp³-hybridized carbons (Fsp3) is 0.545. The molecule has 0 aromatic heterocycles. The third kappa shape index (κ3) is 3.66. The molecule has 1 aliphatic carbocycles. The Hall–Kier alpha value is -2.90. The van der Waals surface area contributed by atoms with Gasteiger partial charge in [-0.25, -0.2) is 4.79 Å². The predicted octanol–water partition coefficient (Wildman–Crippen LogP) is 2.28. The molecular formula is C22H27N3O5. The van der Waals surface area contributed by atoms with Crippen molar-refractivity contribution in [2.75, 3.05) is 37.7 Å². The maximum absolute atomic E-state index is 12.8. The smallest absolute Gasteiger partial charge is 0.409 e. The number of imide groups is 1. The first kappa shape index (κ1) is 20.4. The van der Waals surface area contributed by atoms with E-state index >= 15 is 0 Å². The number of benzene rings is 1. The van der Waals surface area contributed by atoms with Crippen LogP contribution >= 0.6 is 0 Å². The zero-order valence-electron chi connectivity index (χ0n) is 17.2. The Balaban J connectivity index is 1.40. The highest BCUT2D eigenvalue weighted by Crippen LogP contribution is 2.40. The first-order chi connectivity index (χ1) is 14.5. The molecule has 160 valence electrons. The Kier molecular flexibility index (Phi) is 5.74. The zero-order valence-corrected chi connectivity index (χ0v) is 17.2. The Morgan fingerprint density at radius 2 is 1.43 bits per heavy atom. The van der Waals surface area contributed by atoms with Crippen LogP contribution in [0.2, 0.25) is 0 Å². The summed E-state index contributed by atoms with van der Waals surface area (Å²) in [7, 11) is 0. The number of ether oxygens (including phenoxy) is 1. The van der Waals surface area contributed by atoms with Gasteiger partial charge in [0, 0.05) is 31.7 Å². The summed E-state index contributed by atoms with van der Waals surface area (Å²) in [6.07, 6.45) is 3.19. The molecule has 2 unspecified atom stereocenters. The summed E-state index contributed by atoms with van der Waals surface area (Å²) in [5.74, 6) is -0.734. The molecule has 30 heavy (non-hydrogen) atoms. The second-order valence-electron chi connectivity index (χ2n) is 8.03. The van der Waals surface area contributed by atoms with E-state index in [2.05, 4.69) is 0 Å². The normalized spacial score (nSPS) is 24.1. The summed E-state index contributed by atoms with van der Waals surface area (Å²) in [5.41, 5.74) is 1.03. The van der Waals surface area contributed by atoms with Gasteiger partial charge in [0.1, 0.15) is 0 Å². The summed E-state index contributed by atoms with van der Waals surface area (Å²) in [6, 6.07) is 6.68. The van der Waals surface area contributed by atoms with E-state index in [1.54, 1.807) is 41.0 Å². The van der Waals surface area contributed by atoms with Gasteiger partial charge in [-0.3, -0.25) is 19.3 Å². The van der Waals surface area contributed by atoms with Crippen molar-refractivity contribution in [2.24, 2.45) is 11.8 Å². The number of carbonyl (C=O) groups excluding carboxylic acids is 4. The molecule has 8 nitrogen and oxygen atoms in total. The van der Waals surface area contributed by atoms with Gasteiger partial charge >= 0.3 is 6.09 Å². The number of anilines is 1. The van der Waals surface area contributed by atoms with Crippen molar-refractivity contribution in [2.45, 2.75) is 32.6 Å². The summed E-state index contributed by atoms with van der Waals surface area (Å²) in [4.78, 5) is 54.7. The molecule has 0 N–H and O–H groups in total. The molecule has 2 atom stereocenters. The van der Waals surface area contributed by atoms with Crippen LogP contribution in [0.5, 0.6) is 0 Å². The molecule has 4 amide bonds. The number of fused-ring (bicyclic) bond motifs is 1. The number of amides is 4. The van der Waals surface area contributed by atoms with Crippen molar-refractivity contribution in [3.05, 3.63) is 29.8 Å². The van der Waals surface area contributed by atoms with Crippen LogP contribution in [0.3, 0.4) is 0 Å². The van der Waals surface area contributed by atoms with Crippen LogP contribution < -0.4 is 4.90 Å². The monoisotopic (exact) mass is 413 g/mol. The topological polar surface area (TPSA) is 87.2 Å². The predicted molar refractivity (Wildman–Crippen MR) is 109 cm³/mol. The fourth-order valence-electron chi connectivity index (χ4n) is 4.66. The maximum atomic E-state index is 12.8. The highest BCUT2D eigenvalue weighted by Gasteiger charge is 2.48. The number of hydrogen-bond acceptors (Lipinski definition) is 5. The van der Waals surface area contributed by atoms with Crippen LogP contribution in [-0.2, 0) is 14.3 Å². The number of hydrogen-bond donors (Lipinski definition) is 0. The van der Waals surface area contributed by atoms with Gasteiger partial charge in [0.15, 0.2) is 0 Å². The summed E-state index contributed by atoms with van der Waals surface area (Å²) in [6.45, 7) is 3.83. The van der Waals surface area contributed by atoms with Crippen LogP contribution in [0.1, 0.15) is 43.0 Å². The van der Waals surface area contributed by atoms with E-state index in [0.29, 0.717) is 44.0 Å². The number of carbonyl (C=O) groups is 4. The second kappa shape index (κ2) is 8.45. The van der Waals surface area contributed by atoms with Gasteiger partial charge in [-0.05, 0) is 44.0 Å². The lowest BCUT2D eigenvalue weighted by molar-refractivity contribution is -0.122. The highest BCUT2D eigenvalue weighted by molar-refractivity contribution is 6.22. The van der Waals surface area contributed by atoms with Crippen LogP contribution in [0.4, 0.5) is 10.5 Å². The van der Waals surface area contributed by atoms with Gasteiger partial charge in [0.25, 0.3) is 5.91 Å². The third-order valence-corrected chi connectivity index (χ3v) is 6.31. The van der Waals surface area contributed by atoms with Gasteiger partial charge in [0.05, 0.1) is 24.1 Å². The van der Waals surface area contributed by atoms with Gasteiger partial charge in [-0.1, -0.05) is 12.8 Å². The Bertz CT molecular complexity index is 821. The van der Waals surface area contributed by atoms with Crippen molar-refractivity contribution < 1.29 is 23.9 Å². The first-order valence-electron chi connectivity index (χ1n) is 10.7. The van der Waals surface area contributed by atoms with E-state index in [4.69, 9.17) is 4.74 Å². The van der Waals surface area contributed by atoms with Crippen molar-refractivity contribution in [3.63, 3.8) is 0 Å². The lowest BCUT2D eigenvalue weighted by Crippen LogP contribution is -2.50. The number of rotatable bonds is 3. The molecule has 8 heteroatoms. The molecule has 0 spiro atoms. The molecule has 3 fully saturated rings. The van der Waals surface area contributed by atoms with E-state index in [-0.39, 0.29) is 35.7 Å². The van der Waals surface area contributed by atoms with E-state index in [1.165, 1.54) is 4.90 Å². The van der Waals surface area contributed by atoms with Crippen LogP contribution in [-0.4, -0.2) is 66.4 Å². The average molecular weight is 413 g/mol. The number of piperazine rings is 1. The standard InChI is InChI=1S/C22H27N3O5/c1-2-30-22(29)24-13-11-23(12-14-24)19(26)15-7-9-16(10-8-15)25-20(27)17-5-3-4-6-18(17)21(25)28/h7-10,17-18H,2-6,11-14H2,1H3. The minimum absolute atomic E-state index is 0.112. The van der Waals surface area contributed by atoms with Gasteiger partial charge in [0.2, 0.25) is 11.8 Å².